The molecule has 10 heteroatoms. The maximum Gasteiger partial charge on any atom is 0.226 e. The molecule has 5 rings (SSSR count). The molecule has 1 amide bonds. The van der Waals surface area contributed by atoms with Crippen LogP contribution in [0.5, 0.6) is 0 Å². The van der Waals surface area contributed by atoms with Gasteiger partial charge in [0.2, 0.25) is 17.6 Å². The summed E-state index contributed by atoms with van der Waals surface area (Å²) in [7, 11) is 0. The minimum absolute atomic E-state index is 0.163. The van der Waals surface area contributed by atoms with Gasteiger partial charge >= 0.3 is 0 Å². The minimum atomic E-state index is -0.328. The number of nitrogens with one attached hydrogen (secondary N) is 1. The highest BCUT2D eigenvalue weighted by Gasteiger charge is 2.18. The molecule has 1 N–H and O–H groups in total. The topological polar surface area (TPSA) is 85.3 Å². The molecule has 0 aliphatic carbocycles. The molecule has 0 fully saturated rings. The minimum Gasteiger partial charge on any atom is -0.339 e. The molecule has 166 valence electrons. The fourth-order valence-electron chi connectivity index (χ4n) is 3.38. The first-order valence-corrected chi connectivity index (χ1v) is 11.4. The molecule has 3 heterocycles. The first kappa shape index (κ1) is 21.3. The van der Waals surface area contributed by atoms with Crippen molar-refractivity contribution in [2.45, 2.75) is 19.3 Å². The first-order valence-electron chi connectivity index (χ1n) is 10.2. The third-order valence-corrected chi connectivity index (χ3v) is 6.01. The smallest absolute Gasteiger partial charge is 0.226 e. The molecule has 7 nitrogen and oxygen atoms in total. The van der Waals surface area contributed by atoms with Crippen LogP contribution in [0.15, 0.2) is 64.6 Å². The van der Waals surface area contributed by atoms with Gasteiger partial charge in [-0.15, -0.1) is 11.3 Å². The maximum absolute atomic E-state index is 13.3. The van der Waals surface area contributed by atoms with Crippen molar-refractivity contribution in [3.05, 3.63) is 76.8 Å². The SMILES string of the molecule is O=C(CCCc1nc(-c2ccc(Cl)cc2)no1)Nc1c(-c2ccc(F)cc2)nc2sccn12. The summed E-state index contributed by atoms with van der Waals surface area (Å²) < 4.78 is 20.5. The molecule has 2 aromatic carbocycles. The zero-order valence-electron chi connectivity index (χ0n) is 17.2. The number of halogens is 2. The van der Waals surface area contributed by atoms with Gasteiger partial charge in [0.05, 0.1) is 0 Å². The number of anilines is 1. The standard InChI is InChI=1S/C23H17ClFN5O2S/c24-16-8-4-15(5-9-16)21-27-19(32-29-21)3-1-2-18(31)26-22-20(14-6-10-17(25)11-7-14)28-23-30(22)12-13-33-23/h4-13H,1-3H2,(H,26,31). The molecule has 0 atom stereocenters. The van der Waals surface area contributed by atoms with Crippen molar-refractivity contribution in [2.24, 2.45) is 0 Å². The largest absolute Gasteiger partial charge is 0.339 e. The second-order valence-electron chi connectivity index (χ2n) is 7.29. The lowest BCUT2D eigenvalue weighted by molar-refractivity contribution is -0.116. The maximum atomic E-state index is 13.3. The van der Waals surface area contributed by atoms with Crippen LogP contribution in [0.25, 0.3) is 27.6 Å². The lowest BCUT2D eigenvalue weighted by Crippen LogP contribution is -2.13. The Bertz CT molecular complexity index is 1410. The Kier molecular flexibility index (Phi) is 5.89. The molecule has 0 radical (unpaired) electrons. The number of carbonyl (C=O) groups is 1. The molecule has 0 bridgehead atoms. The summed E-state index contributed by atoms with van der Waals surface area (Å²) in [6.45, 7) is 0. The number of imidazole rings is 1. The molecule has 0 aliphatic rings. The van der Waals surface area contributed by atoms with Gasteiger partial charge in [0, 0.05) is 40.6 Å². The average Bonchev–Trinajstić information content (AvgIpc) is 3.53. The van der Waals surface area contributed by atoms with Crippen LogP contribution in [-0.4, -0.2) is 25.4 Å². The zero-order chi connectivity index (χ0) is 22.8. The van der Waals surface area contributed by atoms with Gasteiger partial charge < -0.3 is 9.84 Å². The molecular formula is C23H17ClFN5O2S. The van der Waals surface area contributed by atoms with Crippen molar-refractivity contribution in [1.29, 1.82) is 0 Å². The highest BCUT2D eigenvalue weighted by molar-refractivity contribution is 7.15. The third kappa shape index (κ3) is 4.64. The molecule has 0 saturated heterocycles. The van der Waals surface area contributed by atoms with Gasteiger partial charge in [0.15, 0.2) is 4.96 Å². The number of hydrogen-bond acceptors (Lipinski definition) is 6. The summed E-state index contributed by atoms with van der Waals surface area (Å²) in [5, 5.41) is 9.46. The molecule has 5 aromatic rings. The Balaban J connectivity index is 1.24. The Hall–Kier alpha value is -3.56. The Morgan fingerprint density at radius 2 is 1.85 bits per heavy atom. The van der Waals surface area contributed by atoms with Gasteiger partial charge in [0.1, 0.15) is 17.3 Å². The van der Waals surface area contributed by atoms with Gasteiger partial charge in [0.25, 0.3) is 0 Å². The quantitative estimate of drug-likeness (QED) is 0.314. The fourth-order valence-corrected chi connectivity index (χ4v) is 4.22. The summed E-state index contributed by atoms with van der Waals surface area (Å²) >= 11 is 7.36. The van der Waals surface area contributed by atoms with Crippen LogP contribution >= 0.6 is 22.9 Å². The van der Waals surface area contributed by atoms with E-state index < -0.39 is 0 Å². The second kappa shape index (κ2) is 9.13. The molecule has 0 saturated carbocycles. The normalized spacial score (nSPS) is 11.2. The van der Waals surface area contributed by atoms with Gasteiger partial charge in [-0.25, -0.2) is 9.37 Å². The van der Waals surface area contributed by atoms with E-state index in [1.807, 2.05) is 28.1 Å². The number of aromatic nitrogens is 4. The molecule has 0 spiro atoms. The van der Waals surface area contributed by atoms with E-state index in [0.29, 0.717) is 41.1 Å². The van der Waals surface area contributed by atoms with E-state index in [1.165, 1.54) is 23.5 Å². The van der Waals surface area contributed by atoms with Crippen LogP contribution in [0, 0.1) is 5.82 Å². The van der Waals surface area contributed by atoms with Crippen molar-refractivity contribution in [2.75, 3.05) is 5.32 Å². The monoisotopic (exact) mass is 481 g/mol. The Morgan fingerprint density at radius 3 is 2.64 bits per heavy atom. The third-order valence-electron chi connectivity index (χ3n) is 5.00. The molecular weight excluding hydrogens is 465 g/mol. The summed E-state index contributed by atoms with van der Waals surface area (Å²) in [5.41, 5.74) is 2.13. The lowest BCUT2D eigenvalue weighted by Gasteiger charge is -2.07. The van der Waals surface area contributed by atoms with Crippen molar-refractivity contribution in [3.63, 3.8) is 0 Å². The van der Waals surface area contributed by atoms with Crippen LogP contribution < -0.4 is 5.32 Å². The van der Waals surface area contributed by atoms with Crippen LogP contribution in [0.2, 0.25) is 5.02 Å². The van der Waals surface area contributed by atoms with E-state index in [2.05, 4.69) is 20.4 Å². The molecule has 33 heavy (non-hydrogen) atoms. The second-order valence-corrected chi connectivity index (χ2v) is 8.60. The summed E-state index contributed by atoms with van der Waals surface area (Å²) in [5.74, 6) is 1.01. The lowest BCUT2D eigenvalue weighted by atomic mass is 10.1. The fraction of sp³-hybridized carbons (Fsp3) is 0.130. The number of aryl methyl sites for hydroxylation is 1. The van der Waals surface area contributed by atoms with Gasteiger partial charge in [-0.3, -0.25) is 9.20 Å². The number of amides is 1. The van der Waals surface area contributed by atoms with Gasteiger partial charge in [-0.1, -0.05) is 16.8 Å². The van der Waals surface area contributed by atoms with Gasteiger partial charge in [-0.2, -0.15) is 4.98 Å². The average molecular weight is 482 g/mol. The number of thiazole rings is 1. The summed E-state index contributed by atoms with van der Waals surface area (Å²) in [6, 6.07) is 13.2. The van der Waals surface area contributed by atoms with Crippen LogP contribution in [0.4, 0.5) is 10.2 Å². The Morgan fingerprint density at radius 1 is 1.09 bits per heavy atom. The van der Waals surface area contributed by atoms with E-state index in [4.69, 9.17) is 16.1 Å². The summed E-state index contributed by atoms with van der Waals surface area (Å²) in [6.07, 6.45) is 3.11. The molecule has 0 unspecified atom stereocenters. The molecule has 0 aliphatic heterocycles. The van der Waals surface area contributed by atoms with E-state index in [1.54, 1.807) is 24.3 Å². The summed E-state index contributed by atoms with van der Waals surface area (Å²) in [4.78, 5) is 22.4. The molecule has 3 aromatic heterocycles. The first-order chi connectivity index (χ1) is 16.1. The van der Waals surface area contributed by atoms with Crippen molar-refractivity contribution in [3.8, 4) is 22.6 Å². The predicted octanol–water partition coefficient (Wildman–Crippen LogP) is 5.87. The van der Waals surface area contributed by atoms with Gasteiger partial charge in [-0.05, 0) is 55.0 Å². The van der Waals surface area contributed by atoms with Crippen molar-refractivity contribution in [1.82, 2.24) is 19.5 Å². The van der Waals surface area contributed by atoms with Crippen LogP contribution in [0.1, 0.15) is 18.7 Å². The van der Waals surface area contributed by atoms with Crippen LogP contribution in [0.3, 0.4) is 0 Å². The van der Waals surface area contributed by atoms with E-state index in [0.717, 1.165) is 16.1 Å². The van der Waals surface area contributed by atoms with E-state index in [9.17, 15) is 9.18 Å². The van der Waals surface area contributed by atoms with Crippen molar-refractivity contribution >= 4 is 39.6 Å². The van der Waals surface area contributed by atoms with Crippen LogP contribution in [-0.2, 0) is 11.2 Å². The van der Waals surface area contributed by atoms with E-state index in [-0.39, 0.29) is 18.1 Å². The number of hydrogen-bond donors (Lipinski definition) is 1. The number of fused-ring (bicyclic) bond motifs is 1. The Labute approximate surface area is 196 Å². The highest BCUT2D eigenvalue weighted by Crippen LogP contribution is 2.31. The number of nitrogens with zero attached hydrogens (tertiary/aromatic N) is 4. The highest BCUT2D eigenvalue weighted by atomic mass is 35.5. The van der Waals surface area contributed by atoms with Crippen molar-refractivity contribution < 1.29 is 13.7 Å². The van der Waals surface area contributed by atoms with E-state index >= 15 is 0 Å². The number of rotatable bonds is 7. The zero-order valence-corrected chi connectivity index (χ0v) is 18.7. The number of benzene rings is 2. The predicted molar refractivity (Wildman–Crippen MR) is 125 cm³/mol. The number of carbonyl (C=O) groups excluding carboxylic acids is 1.